The highest BCUT2D eigenvalue weighted by atomic mass is 16.6. The van der Waals surface area contributed by atoms with Gasteiger partial charge in [-0.05, 0) is 24.1 Å². The van der Waals surface area contributed by atoms with Crippen molar-refractivity contribution in [3.63, 3.8) is 0 Å². The number of hydrogen-bond acceptors (Lipinski definition) is 4. The normalized spacial score (nSPS) is 20.6. The van der Waals surface area contributed by atoms with Gasteiger partial charge in [-0.15, -0.1) is 0 Å². The summed E-state index contributed by atoms with van der Waals surface area (Å²) in [5.41, 5.74) is 7.63. The Kier molecular flexibility index (Phi) is 3.54. The van der Waals surface area contributed by atoms with Gasteiger partial charge in [0.05, 0.1) is 6.61 Å². The van der Waals surface area contributed by atoms with E-state index in [0.717, 1.165) is 12.0 Å². The topological polar surface area (TPSA) is 61.5 Å². The molecule has 0 aliphatic carbocycles. The van der Waals surface area contributed by atoms with Gasteiger partial charge in [-0.3, -0.25) is 0 Å². The fraction of sp³-hybridized carbons (Fsp3) is 0.417. The second kappa shape index (κ2) is 5.09. The summed E-state index contributed by atoms with van der Waals surface area (Å²) in [7, 11) is 0. The number of esters is 1. The third-order valence-electron chi connectivity index (χ3n) is 2.55. The average molecular weight is 221 g/mol. The largest absolute Gasteiger partial charge is 0.453 e. The summed E-state index contributed by atoms with van der Waals surface area (Å²) in [6.45, 7) is 1.13. The first-order valence-corrected chi connectivity index (χ1v) is 5.35. The Hall–Kier alpha value is -1.39. The number of ether oxygens (including phenoxy) is 2. The number of cyclic esters (lactones) is 1. The van der Waals surface area contributed by atoms with Crippen LogP contribution in [0.1, 0.15) is 17.2 Å². The number of hydrogen-bond donors (Lipinski definition) is 1. The summed E-state index contributed by atoms with van der Waals surface area (Å²) >= 11 is 0. The number of carbonyl (C=O) groups is 1. The molecule has 1 unspecified atom stereocenters. The smallest absolute Gasteiger partial charge is 0.332 e. The zero-order valence-electron chi connectivity index (χ0n) is 9.02. The van der Waals surface area contributed by atoms with Crippen LogP contribution in [0.5, 0.6) is 0 Å². The third-order valence-corrected chi connectivity index (χ3v) is 2.55. The summed E-state index contributed by atoms with van der Waals surface area (Å²) < 4.78 is 10.3. The Morgan fingerprint density at radius 1 is 1.31 bits per heavy atom. The lowest BCUT2D eigenvalue weighted by Gasteiger charge is -2.22. The van der Waals surface area contributed by atoms with Crippen LogP contribution >= 0.6 is 0 Å². The van der Waals surface area contributed by atoms with E-state index in [0.29, 0.717) is 13.2 Å². The molecule has 86 valence electrons. The molecule has 1 aromatic rings. The maximum absolute atomic E-state index is 11.1. The van der Waals surface area contributed by atoms with E-state index >= 15 is 0 Å². The minimum absolute atomic E-state index is 0.0573. The van der Waals surface area contributed by atoms with E-state index in [-0.39, 0.29) is 18.7 Å². The monoisotopic (exact) mass is 221 g/mol. The van der Waals surface area contributed by atoms with Crippen LogP contribution in [-0.4, -0.2) is 25.7 Å². The van der Waals surface area contributed by atoms with Gasteiger partial charge < -0.3 is 15.2 Å². The lowest BCUT2D eigenvalue weighted by molar-refractivity contribution is -0.170. The molecular formula is C12H15NO3. The lowest BCUT2D eigenvalue weighted by Crippen LogP contribution is -2.26. The molecule has 4 heteroatoms. The van der Waals surface area contributed by atoms with Gasteiger partial charge in [-0.25, -0.2) is 4.79 Å². The van der Waals surface area contributed by atoms with Crippen LogP contribution in [0.25, 0.3) is 0 Å². The van der Waals surface area contributed by atoms with Crippen molar-refractivity contribution in [1.82, 2.24) is 0 Å². The van der Waals surface area contributed by atoms with Gasteiger partial charge in [-0.2, -0.15) is 0 Å². The molecule has 0 bridgehead atoms. The molecule has 1 atom stereocenters. The van der Waals surface area contributed by atoms with Crippen molar-refractivity contribution >= 4 is 5.97 Å². The molecular weight excluding hydrogens is 206 g/mol. The van der Waals surface area contributed by atoms with Crippen molar-refractivity contribution in [3.8, 4) is 0 Å². The Labute approximate surface area is 94.3 Å². The van der Waals surface area contributed by atoms with E-state index < -0.39 is 0 Å². The lowest BCUT2D eigenvalue weighted by atomic mass is 10.1. The minimum Gasteiger partial charge on any atom is -0.453 e. The van der Waals surface area contributed by atoms with E-state index in [1.54, 1.807) is 0 Å². The summed E-state index contributed by atoms with van der Waals surface area (Å²) in [5.74, 6) is -0.303. The summed E-state index contributed by atoms with van der Waals surface area (Å²) in [5, 5.41) is 0. The zero-order chi connectivity index (χ0) is 11.4. The molecule has 1 aliphatic heterocycles. The minimum atomic E-state index is -0.303. The molecule has 0 spiro atoms. The second-order valence-electron chi connectivity index (χ2n) is 3.77. The van der Waals surface area contributed by atoms with Crippen LogP contribution in [0, 0.1) is 0 Å². The highest BCUT2D eigenvalue weighted by Gasteiger charge is 2.22. The highest BCUT2D eigenvalue weighted by molar-refractivity contribution is 5.71. The van der Waals surface area contributed by atoms with Crippen molar-refractivity contribution in [3.05, 3.63) is 35.4 Å². The predicted molar refractivity (Wildman–Crippen MR) is 58.9 cm³/mol. The Bertz CT molecular complexity index is 361. The van der Waals surface area contributed by atoms with Crippen LogP contribution in [0.15, 0.2) is 24.3 Å². The van der Waals surface area contributed by atoms with Crippen molar-refractivity contribution in [2.75, 3.05) is 19.8 Å². The number of benzene rings is 1. The Morgan fingerprint density at radius 3 is 2.69 bits per heavy atom. The summed E-state index contributed by atoms with van der Waals surface area (Å²) in [6, 6.07) is 7.92. The molecule has 0 aromatic heterocycles. The number of rotatable bonds is 3. The maximum atomic E-state index is 11.1. The standard InChI is InChI=1S/C12H15NO3/c13-6-5-9-1-3-10(4-2-9)11-7-15-8-12(14)16-11/h1-4,11H,5-8,13H2. The van der Waals surface area contributed by atoms with Gasteiger partial charge in [0, 0.05) is 0 Å². The average Bonchev–Trinajstić information content (AvgIpc) is 2.30. The van der Waals surface area contributed by atoms with E-state index in [1.165, 1.54) is 5.56 Å². The molecule has 1 heterocycles. The van der Waals surface area contributed by atoms with Crippen LogP contribution in [0.2, 0.25) is 0 Å². The molecule has 2 N–H and O–H groups in total. The Morgan fingerprint density at radius 2 is 2.06 bits per heavy atom. The van der Waals surface area contributed by atoms with E-state index in [9.17, 15) is 4.79 Å². The molecule has 0 saturated carbocycles. The molecule has 1 aliphatic rings. The summed E-state index contributed by atoms with van der Waals surface area (Å²) in [6.07, 6.45) is 0.592. The highest BCUT2D eigenvalue weighted by Crippen LogP contribution is 2.21. The van der Waals surface area contributed by atoms with Crippen LogP contribution in [0.3, 0.4) is 0 Å². The molecule has 2 rings (SSSR count). The maximum Gasteiger partial charge on any atom is 0.332 e. The molecule has 1 fully saturated rings. The van der Waals surface area contributed by atoms with Crippen molar-refractivity contribution < 1.29 is 14.3 Å². The molecule has 16 heavy (non-hydrogen) atoms. The van der Waals surface area contributed by atoms with Crippen LogP contribution in [-0.2, 0) is 20.7 Å². The van der Waals surface area contributed by atoms with Gasteiger partial charge >= 0.3 is 5.97 Å². The predicted octanol–water partition coefficient (Wildman–Crippen LogP) is 0.802. The number of carbonyl (C=O) groups excluding carboxylic acids is 1. The zero-order valence-corrected chi connectivity index (χ0v) is 9.02. The first-order valence-electron chi connectivity index (χ1n) is 5.35. The Balaban J connectivity index is 2.05. The van der Waals surface area contributed by atoms with Gasteiger partial charge in [0.1, 0.15) is 6.61 Å². The first kappa shape index (κ1) is 11.1. The molecule has 0 amide bonds. The SMILES string of the molecule is NCCc1ccc(C2COCC(=O)O2)cc1. The molecule has 1 saturated heterocycles. The van der Waals surface area contributed by atoms with Gasteiger partial charge in [0.15, 0.2) is 6.10 Å². The van der Waals surface area contributed by atoms with E-state index in [4.69, 9.17) is 15.2 Å². The number of nitrogens with two attached hydrogens (primary N) is 1. The van der Waals surface area contributed by atoms with Gasteiger partial charge in [0.25, 0.3) is 0 Å². The van der Waals surface area contributed by atoms with E-state index in [2.05, 4.69) is 0 Å². The molecule has 1 aromatic carbocycles. The van der Waals surface area contributed by atoms with Crippen LogP contribution < -0.4 is 5.73 Å². The van der Waals surface area contributed by atoms with Crippen molar-refractivity contribution in [1.29, 1.82) is 0 Å². The summed E-state index contributed by atoms with van der Waals surface area (Å²) in [4.78, 5) is 11.1. The molecule has 0 radical (unpaired) electrons. The fourth-order valence-corrected chi connectivity index (χ4v) is 1.71. The fourth-order valence-electron chi connectivity index (χ4n) is 1.71. The third kappa shape index (κ3) is 2.59. The van der Waals surface area contributed by atoms with Crippen molar-refractivity contribution in [2.24, 2.45) is 5.73 Å². The van der Waals surface area contributed by atoms with Crippen LogP contribution in [0.4, 0.5) is 0 Å². The quantitative estimate of drug-likeness (QED) is 0.767. The van der Waals surface area contributed by atoms with Gasteiger partial charge in [-0.1, -0.05) is 24.3 Å². The second-order valence-corrected chi connectivity index (χ2v) is 3.77. The van der Waals surface area contributed by atoms with E-state index in [1.807, 2.05) is 24.3 Å². The van der Waals surface area contributed by atoms with Crippen molar-refractivity contribution in [2.45, 2.75) is 12.5 Å². The van der Waals surface area contributed by atoms with Gasteiger partial charge in [0.2, 0.25) is 0 Å². The first-order chi connectivity index (χ1) is 7.79. The molecule has 4 nitrogen and oxygen atoms in total.